The number of nitrogens with one attached hydrogen (secondary N) is 2. The van der Waals surface area contributed by atoms with Crippen LogP contribution in [0.1, 0.15) is 29.3 Å². The minimum Gasteiger partial charge on any atom is -0.465 e. The van der Waals surface area contributed by atoms with Gasteiger partial charge in [0.1, 0.15) is 17.3 Å². The molecule has 12 heteroatoms. The second-order valence-corrected chi connectivity index (χ2v) is 9.13. The van der Waals surface area contributed by atoms with Gasteiger partial charge in [0.2, 0.25) is 5.95 Å². The summed E-state index contributed by atoms with van der Waals surface area (Å²) in [5.74, 6) is -2.20. The summed E-state index contributed by atoms with van der Waals surface area (Å²) in [5, 5.41) is 15.2. The van der Waals surface area contributed by atoms with E-state index in [0.29, 0.717) is 28.8 Å². The van der Waals surface area contributed by atoms with Gasteiger partial charge in [-0.2, -0.15) is 4.98 Å². The number of carbonyl (C=O) groups is 2. The Hall–Kier alpha value is -4.87. The second-order valence-electron chi connectivity index (χ2n) is 9.13. The predicted molar refractivity (Wildman–Crippen MR) is 147 cm³/mol. The normalized spacial score (nSPS) is 10.9. The molecule has 4 aromatic rings. The van der Waals surface area contributed by atoms with E-state index in [-0.39, 0.29) is 30.6 Å². The highest BCUT2D eigenvalue weighted by Gasteiger charge is 2.21. The number of hydrogen-bond donors (Lipinski definition) is 3. The summed E-state index contributed by atoms with van der Waals surface area (Å²) < 4.78 is 30.6. The monoisotopic (exact) mass is 550 g/mol. The van der Waals surface area contributed by atoms with Crippen molar-refractivity contribution >= 4 is 29.0 Å². The maximum Gasteiger partial charge on any atom is 0.407 e. The molecule has 2 aromatic carbocycles. The Balaban J connectivity index is 1.96. The first-order chi connectivity index (χ1) is 19.1. The van der Waals surface area contributed by atoms with E-state index >= 15 is 0 Å². The third-order valence-electron chi connectivity index (χ3n) is 6.26. The first-order valence-corrected chi connectivity index (χ1v) is 12.6. The highest BCUT2D eigenvalue weighted by Crippen LogP contribution is 2.31. The van der Waals surface area contributed by atoms with E-state index in [1.807, 2.05) is 13.8 Å². The average molecular weight is 551 g/mol. The van der Waals surface area contributed by atoms with Crippen LogP contribution in [0.5, 0.6) is 0 Å². The Kier molecular flexibility index (Phi) is 8.37. The van der Waals surface area contributed by atoms with Gasteiger partial charge in [-0.05, 0) is 49.2 Å². The van der Waals surface area contributed by atoms with Crippen molar-refractivity contribution < 1.29 is 23.5 Å². The van der Waals surface area contributed by atoms with Gasteiger partial charge in [-0.3, -0.25) is 14.2 Å². The topological polar surface area (TPSA) is 129 Å². The van der Waals surface area contributed by atoms with Gasteiger partial charge >= 0.3 is 6.09 Å². The van der Waals surface area contributed by atoms with Crippen LogP contribution >= 0.6 is 0 Å². The molecule has 0 radical (unpaired) electrons. The number of amides is 2. The first kappa shape index (κ1) is 28.1. The molecule has 4 rings (SSSR count). The fourth-order valence-electron chi connectivity index (χ4n) is 4.11. The summed E-state index contributed by atoms with van der Waals surface area (Å²) in [5.41, 5.74) is 0.598. The molecule has 0 saturated carbocycles. The fourth-order valence-corrected chi connectivity index (χ4v) is 4.11. The van der Waals surface area contributed by atoms with E-state index in [4.69, 9.17) is 5.11 Å². The lowest BCUT2D eigenvalue weighted by Gasteiger charge is -2.17. The van der Waals surface area contributed by atoms with E-state index < -0.39 is 29.0 Å². The van der Waals surface area contributed by atoms with Crippen molar-refractivity contribution in [3.63, 3.8) is 0 Å². The van der Waals surface area contributed by atoms with Gasteiger partial charge in [0.05, 0.1) is 5.69 Å². The lowest BCUT2D eigenvalue weighted by molar-refractivity contribution is 0.0953. The van der Waals surface area contributed by atoms with E-state index in [0.717, 1.165) is 33.6 Å². The summed E-state index contributed by atoms with van der Waals surface area (Å²) in [6.07, 6.45) is -0.364. The molecule has 0 saturated heterocycles. The summed E-state index contributed by atoms with van der Waals surface area (Å²) >= 11 is 0. The minimum absolute atomic E-state index is 0.00220. The molecule has 2 aromatic heterocycles. The lowest BCUT2D eigenvalue weighted by atomic mass is 9.99. The zero-order chi connectivity index (χ0) is 29.0. The van der Waals surface area contributed by atoms with Crippen molar-refractivity contribution in [2.75, 3.05) is 32.0 Å². The predicted octanol–water partition coefficient (Wildman–Crippen LogP) is 4.20. The van der Waals surface area contributed by atoms with Gasteiger partial charge in [-0.25, -0.2) is 18.6 Å². The van der Waals surface area contributed by atoms with Gasteiger partial charge < -0.3 is 20.6 Å². The number of anilines is 1. The molecule has 208 valence electrons. The van der Waals surface area contributed by atoms with Crippen LogP contribution in [0.25, 0.3) is 28.0 Å². The van der Waals surface area contributed by atoms with Crippen molar-refractivity contribution in [3.8, 4) is 16.9 Å². The van der Waals surface area contributed by atoms with Gasteiger partial charge in [0.25, 0.3) is 11.5 Å². The molecule has 0 aliphatic heterocycles. The lowest BCUT2D eigenvalue weighted by Crippen LogP contribution is -2.30. The number of aryl methyl sites for hydroxylation is 1. The van der Waals surface area contributed by atoms with Gasteiger partial charge in [-0.1, -0.05) is 19.1 Å². The van der Waals surface area contributed by atoms with Gasteiger partial charge in [0, 0.05) is 49.3 Å². The van der Waals surface area contributed by atoms with Crippen LogP contribution in [0.2, 0.25) is 0 Å². The minimum atomic E-state index is -1.13. The smallest absolute Gasteiger partial charge is 0.407 e. The summed E-state index contributed by atoms with van der Waals surface area (Å²) in [6.45, 7) is 4.45. The van der Waals surface area contributed by atoms with Gasteiger partial charge in [-0.15, -0.1) is 0 Å². The molecule has 0 unspecified atom stereocenters. The highest BCUT2D eigenvalue weighted by molar-refractivity contribution is 5.98. The third-order valence-corrected chi connectivity index (χ3v) is 6.26. The van der Waals surface area contributed by atoms with E-state index in [9.17, 15) is 23.2 Å². The standard InChI is InChI=1S/C28H28F2N6O4/c1-4-12-31-26(38)17-9-8-16(2)19(15-17)23-18-10-11-22(37)36(24-20(29)6-5-7-21(24)30)25(18)34-27(33-23)32-13-14-35(3)28(39)40/h5-11,15H,4,12-14H2,1-3H3,(H,31,38)(H,39,40)(H,32,33,34). The number of rotatable bonds is 9. The van der Waals surface area contributed by atoms with Crippen LogP contribution in [0.4, 0.5) is 19.5 Å². The number of carbonyl (C=O) groups excluding carboxylic acids is 1. The van der Waals surface area contributed by atoms with Gasteiger partial charge in [0.15, 0.2) is 5.65 Å². The number of nitrogens with zero attached hydrogens (tertiary/aromatic N) is 4. The number of likely N-dealkylation sites (N-methyl/N-ethyl adjacent to an activating group) is 1. The molecular formula is C28H28F2N6O4. The maximum atomic E-state index is 14.9. The number of carboxylic acid groups (broad SMARTS) is 1. The average Bonchev–Trinajstić information content (AvgIpc) is 2.92. The number of halogens is 2. The van der Waals surface area contributed by atoms with Crippen LogP contribution in [0.15, 0.2) is 53.3 Å². The molecule has 3 N–H and O–H groups in total. The zero-order valence-corrected chi connectivity index (χ0v) is 22.2. The van der Waals surface area contributed by atoms with Crippen molar-refractivity contribution in [2.24, 2.45) is 0 Å². The SMILES string of the molecule is CCCNC(=O)c1ccc(C)c(-c2nc(NCCN(C)C(=O)O)nc3c2ccc(=O)n3-c2c(F)cccc2F)c1. The molecule has 2 amide bonds. The first-order valence-electron chi connectivity index (χ1n) is 12.6. The van der Waals surface area contributed by atoms with Crippen molar-refractivity contribution in [3.05, 3.63) is 81.6 Å². The summed E-state index contributed by atoms with van der Waals surface area (Å²) in [7, 11) is 1.40. The Morgan fingerprint density at radius 3 is 2.45 bits per heavy atom. The molecule has 40 heavy (non-hydrogen) atoms. The maximum absolute atomic E-state index is 14.9. The number of aromatic nitrogens is 3. The van der Waals surface area contributed by atoms with Crippen LogP contribution < -0.4 is 16.2 Å². The fraction of sp³-hybridized carbons (Fsp3) is 0.250. The summed E-state index contributed by atoms with van der Waals surface area (Å²) in [4.78, 5) is 47.0. The van der Waals surface area contributed by atoms with Crippen molar-refractivity contribution in [1.29, 1.82) is 0 Å². The molecule has 0 aliphatic rings. The Morgan fingerprint density at radius 2 is 1.77 bits per heavy atom. The van der Waals surface area contributed by atoms with Crippen molar-refractivity contribution in [1.82, 2.24) is 24.8 Å². The number of fused-ring (bicyclic) bond motifs is 1. The second kappa shape index (κ2) is 11.9. The molecule has 0 fully saturated rings. The van der Waals surface area contributed by atoms with Crippen LogP contribution in [-0.4, -0.2) is 63.2 Å². The summed E-state index contributed by atoms with van der Waals surface area (Å²) in [6, 6.07) is 11.0. The van der Waals surface area contributed by atoms with Crippen LogP contribution in [-0.2, 0) is 0 Å². The molecule has 0 atom stereocenters. The largest absolute Gasteiger partial charge is 0.465 e. The zero-order valence-electron chi connectivity index (χ0n) is 22.2. The highest BCUT2D eigenvalue weighted by atomic mass is 19.1. The number of para-hydroxylation sites is 1. The van der Waals surface area contributed by atoms with Crippen LogP contribution in [0.3, 0.4) is 0 Å². The van der Waals surface area contributed by atoms with Crippen molar-refractivity contribution in [2.45, 2.75) is 20.3 Å². The van der Waals surface area contributed by atoms with E-state index in [2.05, 4.69) is 20.6 Å². The number of pyridine rings is 1. The molecule has 0 spiro atoms. The Bertz CT molecular complexity index is 1640. The number of hydrogen-bond acceptors (Lipinski definition) is 6. The Morgan fingerprint density at radius 1 is 1.05 bits per heavy atom. The molecule has 2 heterocycles. The molecule has 0 aliphatic carbocycles. The van der Waals surface area contributed by atoms with E-state index in [1.165, 1.54) is 25.2 Å². The number of benzene rings is 2. The molecule has 0 bridgehead atoms. The van der Waals surface area contributed by atoms with Crippen LogP contribution in [0, 0.1) is 18.6 Å². The Labute approximate surface area is 228 Å². The third kappa shape index (κ3) is 5.75. The quantitative estimate of drug-likeness (QED) is 0.285. The molecule has 10 nitrogen and oxygen atoms in total. The molecular weight excluding hydrogens is 522 g/mol. The van der Waals surface area contributed by atoms with E-state index in [1.54, 1.807) is 18.2 Å².